The summed E-state index contributed by atoms with van der Waals surface area (Å²) in [5.74, 6) is 0. The Hall–Kier alpha value is -0.800. The Morgan fingerprint density at radius 3 is 2.22 bits per heavy atom. The predicted octanol–water partition coefficient (Wildman–Crippen LogP) is 2.54. The van der Waals surface area contributed by atoms with Crippen molar-refractivity contribution in [3.8, 4) is 6.07 Å². The Morgan fingerprint density at radius 1 is 1.33 bits per heavy atom. The van der Waals surface area contributed by atoms with Crippen LogP contribution < -0.4 is 5.32 Å². The van der Waals surface area contributed by atoms with Crippen LogP contribution in [-0.2, 0) is 0 Å². The monoisotopic (exact) mass is 265 g/mol. The third kappa shape index (κ3) is 6.22. The molecule has 0 rings (SSSR count). The second kappa shape index (κ2) is 6.95. The molecule has 0 aromatic rings. The molecule has 6 heteroatoms. The van der Waals surface area contributed by atoms with Gasteiger partial charge in [-0.15, -0.1) is 0 Å². The highest BCUT2D eigenvalue weighted by molar-refractivity contribution is 5.05. The van der Waals surface area contributed by atoms with Crippen LogP contribution in [0, 0.1) is 11.3 Å². The van der Waals surface area contributed by atoms with Crippen LogP contribution in [-0.4, -0.2) is 42.3 Å². The smallest absolute Gasteiger partial charge is 0.300 e. The zero-order chi connectivity index (χ0) is 14.4. The molecule has 0 aliphatic heterocycles. The Kier molecular flexibility index (Phi) is 6.64. The van der Waals surface area contributed by atoms with E-state index in [0.717, 1.165) is 0 Å². The summed E-state index contributed by atoms with van der Waals surface area (Å²) in [7, 11) is 0. The number of nitrogens with zero attached hydrogens (tertiary/aromatic N) is 2. The highest BCUT2D eigenvalue weighted by Crippen LogP contribution is 2.21. The minimum Gasteiger partial charge on any atom is -0.300 e. The van der Waals surface area contributed by atoms with Gasteiger partial charge in [0.05, 0.1) is 12.6 Å². The Labute approximate surface area is 107 Å². The number of nitrogens with one attached hydrogen (secondary N) is 1. The van der Waals surface area contributed by atoms with E-state index in [1.165, 1.54) is 4.90 Å². The summed E-state index contributed by atoms with van der Waals surface area (Å²) in [4.78, 5) is 1.34. The van der Waals surface area contributed by atoms with Gasteiger partial charge in [-0.05, 0) is 33.4 Å². The molecule has 2 unspecified atom stereocenters. The van der Waals surface area contributed by atoms with Gasteiger partial charge < -0.3 is 0 Å². The van der Waals surface area contributed by atoms with Crippen LogP contribution in [0.5, 0.6) is 0 Å². The van der Waals surface area contributed by atoms with Gasteiger partial charge in [-0.25, -0.2) is 0 Å². The van der Waals surface area contributed by atoms with E-state index in [2.05, 4.69) is 11.4 Å². The molecule has 0 heterocycles. The molecular weight excluding hydrogens is 243 g/mol. The third-order valence-electron chi connectivity index (χ3n) is 2.93. The van der Waals surface area contributed by atoms with E-state index in [1.807, 2.05) is 6.92 Å². The molecule has 2 atom stereocenters. The number of hydrogen-bond donors (Lipinski definition) is 1. The SMILES string of the molecule is CCNC(C)(C#N)CC(C)N(CC)CC(F)(F)F. The molecular formula is C12H22F3N3. The number of hydrogen-bond acceptors (Lipinski definition) is 3. The first-order valence-electron chi connectivity index (χ1n) is 6.14. The molecule has 0 aliphatic rings. The van der Waals surface area contributed by atoms with Crippen molar-refractivity contribution < 1.29 is 13.2 Å². The van der Waals surface area contributed by atoms with Crippen molar-refractivity contribution in [3.63, 3.8) is 0 Å². The molecule has 106 valence electrons. The van der Waals surface area contributed by atoms with E-state index in [1.54, 1.807) is 20.8 Å². The van der Waals surface area contributed by atoms with Crippen molar-refractivity contribution in [3.05, 3.63) is 0 Å². The van der Waals surface area contributed by atoms with Gasteiger partial charge in [0.1, 0.15) is 5.54 Å². The lowest BCUT2D eigenvalue weighted by Crippen LogP contribution is -2.48. The normalized spacial score (nSPS) is 17.3. The molecule has 0 fully saturated rings. The van der Waals surface area contributed by atoms with Gasteiger partial charge >= 0.3 is 6.18 Å². The lowest BCUT2D eigenvalue weighted by atomic mass is 9.94. The molecule has 0 spiro atoms. The van der Waals surface area contributed by atoms with Crippen molar-refractivity contribution in [1.82, 2.24) is 10.2 Å². The molecule has 0 aromatic heterocycles. The second-order valence-corrected chi connectivity index (χ2v) is 4.71. The molecule has 0 aromatic carbocycles. The minimum absolute atomic E-state index is 0.305. The molecule has 1 N–H and O–H groups in total. The molecule has 3 nitrogen and oxygen atoms in total. The standard InChI is InChI=1S/C12H22F3N3/c1-5-17-11(4,8-16)7-10(3)18(6-2)9-12(13,14)15/h10,17H,5-7,9H2,1-4H3. The summed E-state index contributed by atoms with van der Waals surface area (Å²) in [6.45, 7) is 7.00. The van der Waals surface area contributed by atoms with Gasteiger partial charge in [-0.2, -0.15) is 18.4 Å². The number of rotatable bonds is 7. The van der Waals surface area contributed by atoms with E-state index in [-0.39, 0.29) is 6.04 Å². The maximum atomic E-state index is 12.4. The molecule has 0 saturated heterocycles. The average molecular weight is 265 g/mol. The lowest BCUT2D eigenvalue weighted by molar-refractivity contribution is -0.150. The second-order valence-electron chi connectivity index (χ2n) is 4.71. The van der Waals surface area contributed by atoms with E-state index in [0.29, 0.717) is 19.5 Å². The summed E-state index contributed by atoms with van der Waals surface area (Å²) in [5.41, 5.74) is -0.785. The highest BCUT2D eigenvalue weighted by Gasteiger charge is 2.34. The van der Waals surface area contributed by atoms with Crippen LogP contribution in [0.25, 0.3) is 0 Å². The first kappa shape index (κ1) is 17.2. The van der Waals surface area contributed by atoms with Gasteiger partial charge in [0.15, 0.2) is 0 Å². The van der Waals surface area contributed by atoms with Crippen LogP contribution in [0.2, 0.25) is 0 Å². The fourth-order valence-corrected chi connectivity index (χ4v) is 2.08. The lowest BCUT2D eigenvalue weighted by Gasteiger charge is -2.33. The highest BCUT2D eigenvalue weighted by atomic mass is 19.4. The first-order chi connectivity index (χ1) is 8.17. The first-order valence-corrected chi connectivity index (χ1v) is 6.14. The van der Waals surface area contributed by atoms with Crippen LogP contribution in [0.4, 0.5) is 13.2 Å². The zero-order valence-corrected chi connectivity index (χ0v) is 11.4. The molecule has 0 radical (unpaired) electrons. The van der Waals surface area contributed by atoms with Crippen molar-refractivity contribution in [2.75, 3.05) is 19.6 Å². The van der Waals surface area contributed by atoms with Gasteiger partial charge in [-0.1, -0.05) is 13.8 Å². The van der Waals surface area contributed by atoms with Crippen molar-refractivity contribution in [1.29, 1.82) is 5.26 Å². The van der Waals surface area contributed by atoms with Crippen molar-refractivity contribution >= 4 is 0 Å². The number of nitriles is 1. The molecule has 18 heavy (non-hydrogen) atoms. The topological polar surface area (TPSA) is 39.1 Å². The zero-order valence-electron chi connectivity index (χ0n) is 11.4. The average Bonchev–Trinajstić information content (AvgIpc) is 2.24. The van der Waals surface area contributed by atoms with Crippen LogP contribution in [0.1, 0.15) is 34.1 Å². The fraction of sp³-hybridized carbons (Fsp3) is 0.917. The summed E-state index contributed by atoms with van der Waals surface area (Å²) in [6.07, 6.45) is -3.84. The number of halogens is 3. The van der Waals surface area contributed by atoms with Gasteiger partial charge in [0, 0.05) is 6.04 Å². The van der Waals surface area contributed by atoms with Gasteiger partial charge in [0.2, 0.25) is 0 Å². The fourth-order valence-electron chi connectivity index (χ4n) is 2.08. The summed E-state index contributed by atoms with van der Waals surface area (Å²) >= 11 is 0. The van der Waals surface area contributed by atoms with E-state index >= 15 is 0 Å². The van der Waals surface area contributed by atoms with E-state index < -0.39 is 18.3 Å². The maximum Gasteiger partial charge on any atom is 0.401 e. The van der Waals surface area contributed by atoms with Gasteiger partial charge in [0.25, 0.3) is 0 Å². The number of alkyl halides is 3. The van der Waals surface area contributed by atoms with Gasteiger partial charge in [-0.3, -0.25) is 10.2 Å². The molecule has 0 amide bonds. The third-order valence-corrected chi connectivity index (χ3v) is 2.93. The maximum absolute atomic E-state index is 12.4. The Balaban J connectivity index is 4.61. The predicted molar refractivity (Wildman–Crippen MR) is 65.1 cm³/mol. The molecule has 0 aliphatic carbocycles. The Bertz CT molecular complexity index is 285. The molecule has 0 saturated carbocycles. The minimum atomic E-state index is -4.20. The summed E-state index contributed by atoms with van der Waals surface area (Å²) in [5, 5.41) is 12.1. The summed E-state index contributed by atoms with van der Waals surface area (Å²) in [6, 6.07) is 1.83. The quantitative estimate of drug-likeness (QED) is 0.769. The van der Waals surface area contributed by atoms with Crippen LogP contribution >= 0.6 is 0 Å². The molecule has 0 bridgehead atoms. The van der Waals surface area contributed by atoms with Crippen LogP contribution in [0.15, 0.2) is 0 Å². The van der Waals surface area contributed by atoms with Crippen LogP contribution in [0.3, 0.4) is 0 Å². The van der Waals surface area contributed by atoms with Crippen molar-refractivity contribution in [2.24, 2.45) is 0 Å². The Morgan fingerprint density at radius 2 is 1.89 bits per heavy atom. The largest absolute Gasteiger partial charge is 0.401 e. The van der Waals surface area contributed by atoms with E-state index in [4.69, 9.17) is 5.26 Å². The van der Waals surface area contributed by atoms with E-state index in [9.17, 15) is 13.2 Å². The van der Waals surface area contributed by atoms with Crippen molar-refractivity contribution in [2.45, 2.75) is 51.9 Å². The summed E-state index contributed by atoms with van der Waals surface area (Å²) < 4.78 is 37.2.